The van der Waals surface area contributed by atoms with Crippen molar-refractivity contribution in [2.75, 3.05) is 19.6 Å². The monoisotopic (exact) mass is 1400 g/mol. The molecule has 0 spiro atoms. The van der Waals surface area contributed by atoms with Crippen LogP contribution in [0.4, 0.5) is 68.2 Å². The highest BCUT2D eigenvalue weighted by Crippen LogP contribution is 2.52. The van der Waals surface area contributed by atoms with Crippen LogP contribution >= 0.6 is 11.8 Å². The average Bonchev–Trinajstić information content (AvgIpc) is 0.691. The highest BCUT2D eigenvalue weighted by atomic mass is 32.2. The van der Waals surface area contributed by atoms with Crippen molar-refractivity contribution in [3.63, 3.8) is 0 Å². The second-order valence-corrected chi connectivity index (χ2v) is 30.6. The van der Waals surface area contributed by atoms with Gasteiger partial charge in [-0.1, -0.05) is 311 Å². The molecule has 5 nitrogen and oxygen atoms in total. The Morgan fingerprint density at radius 3 is 1.19 bits per heavy atom. The number of benzene rings is 16. The lowest BCUT2D eigenvalue weighted by Gasteiger charge is -2.44. The fourth-order valence-corrected chi connectivity index (χ4v) is 18.1. The van der Waals surface area contributed by atoms with Gasteiger partial charge in [-0.2, -0.15) is 0 Å². The van der Waals surface area contributed by atoms with Crippen molar-refractivity contribution >= 4 is 126 Å². The van der Waals surface area contributed by atoms with Gasteiger partial charge in [0.1, 0.15) is 11.5 Å². The molecule has 4 aliphatic heterocycles. The summed E-state index contributed by atoms with van der Waals surface area (Å²) in [4.78, 5) is 12.4. The van der Waals surface area contributed by atoms with Crippen molar-refractivity contribution in [1.82, 2.24) is 0 Å². The highest BCUT2D eigenvalue weighted by Gasteiger charge is 2.47. The van der Waals surface area contributed by atoms with E-state index in [-0.39, 0.29) is 18.8 Å². The van der Waals surface area contributed by atoms with Gasteiger partial charge >= 0.3 is 0 Å². The Balaban J connectivity index is 0.825. The van der Waals surface area contributed by atoms with Crippen LogP contribution in [0.2, 0.25) is 0 Å². The molecular formula is C100H72B2N4OS. The molecule has 0 atom stereocenters. The first-order valence-corrected chi connectivity index (χ1v) is 38.2. The second kappa shape index (κ2) is 26.5. The third kappa shape index (κ3) is 11.3. The standard InChI is InChI=1S/C100H72B2N4OS/c1-100(2,3)76-51-41-75(42-52-76)84-35-19-22-38-89(84)106-91-66-96-88(65-87(91)102-86-37-21-24-40-94(86)107-95-63-82(61-92(106)98(95)102)103(78-53-43-71(44-54-78)67-25-9-4-10-26-67)79-55-45-72(46-56-79)68-27-11-5-12-28-68)101-85-36-20-23-39-90(85)105(77-33-17-8-18-34-77)93-62-83(64-97(108-96)99(93)101)104(80-57-47-73(48-58-80)69-29-13-6-14-30-69)81-59-49-74(50-60-81)70-31-15-7-16-32-70/h4-66H,1-3H3. The molecule has 108 heavy (non-hydrogen) atoms. The third-order valence-electron chi connectivity index (χ3n) is 22.1. The average molecular weight is 1400 g/mol. The maximum Gasteiger partial charge on any atom is 0.256 e. The van der Waals surface area contributed by atoms with Crippen LogP contribution in [0.5, 0.6) is 11.5 Å². The van der Waals surface area contributed by atoms with E-state index in [0.717, 1.165) is 113 Å². The summed E-state index contributed by atoms with van der Waals surface area (Å²) in [5, 5.41) is 0. The zero-order valence-electron chi connectivity index (χ0n) is 60.1. The van der Waals surface area contributed by atoms with Crippen LogP contribution in [-0.4, -0.2) is 13.4 Å². The van der Waals surface area contributed by atoms with E-state index < -0.39 is 0 Å². The predicted octanol–water partition coefficient (Wildman–Crippen LogP) is 23.4. The molecule has 0 aliphatic carbocycles. The number of rotatable bonds is 13. The summed E-state index contributed by atoms with van der Waals surface area (Å²) in [5.41, 5.74) is 33.1. The first-order chi connectivity index (χ1) is 53.2. The number of hydrogen-bond acceptors (Lipinski definition) is 6. The SMILES string of the molecule is CC(C)(C)c1ccc(-c2ccccc2N2c3cc4c(cc3B3c5ccccc5Oc5cc(N(c6ccc(-c7ccccc7)cc6)c6ccc(-c7ccccc7)cc6)cc2c53)B2c3ccccc3N(c3ccccc3)c3cc(N(c5ccc(-c6ccccc6)cc5)c5ccc(-c6ccccc6)cc5)cc(c32)S4)cc1. The van der Waals surface area contributed by atoms with E-state index >= 15 is 0 Å². The molecule has 16 aromatic rings. The van der Waals surface area contributed by atoms with E-state index in [9.17, 15) is 0 Å². The molecule has 510 valence electrons. The lowest BCUT2D eigenvalue weighted by atomic mass is 9.31. The number of ether oxygens (including phenoxy) is 1. The minimum Gasteiger partial charge on any atom is -0.458 e. The van der Waals surface area contributed by atoms with Crippen LogP contribution in [0.1, 0.15) is 26.3 Å². The lowest BCUT2D eigenvalue weighted by Crippen LogP contribution is -2.63. The normalized spacial score (nSPS) is 12.7. The van der Waals surface area contributed by atoms with Crippen molar-refractivity contribution < 1.29 is 4.74 Å². The molecule has 0 aromatic heterocycles. The zero-order chi connectivity index (χ0) is 72.0. The van der Waals surface area contributed by atoms with Crippen LogP contribution in [0.25, 0.3) is 55.6 Å². The number of hydrogen-bond donors (Lipinski definition) is 0. The minimum absolute atomic E-state index is 0.0274. The summed E-state index contributed by atoms with van der Waals surface area (Å²) in [6, 6.07) is 141. The molecular weight excluding hydrogens is 1330 g/mol. The molecule has 0 unspecified atom stereocenters. The molecule has 0 bridgehead atoms. The maximum absolute atomic E-state index is 7.51. The fraction of sp³-hybridized carbons (Fsp3) is 0.0400. The Morgan fingerprint density at radius 2 is 0.676 bits per heavy atom. The summed E-state index contributed by atoms with van der Waals surface area (Å²) in [7, 11) is 0. The molecule has 4 aliphatic rings. The van der Waals surface area contributed by atoms with Crippen LogP contribution < -0.4 is 57.1 Å². The molecule has 4 heterocycles. The van der Waals surface area contributed by atoms with Crippen molar-refractivity contribution in [2.45, 2.75) is 36.0 Å². The van der Waals surface area contributed by atoms with E-state index in [1.807, 2.05) is 11.8 Å². The Hall–Kier alpha value is -13.0. The van der Waals surface area contributed by atoms with Gasteiger partial charge in [0.05, 0.1) is 11.4 Å². The number of fused-ring (bicyclic) bond motifs is 8. The third-order valence-corrected chi connectivity index (χ3v) is 23.2. The molecule has 0 fully saturated rings. The molecule has 0 amide bonds. The molecule has 0 saturated heterocycles. The van der Waals surface area contributed by atoms with Crippen molar-refractivity contribution in [3.05, 3.63) is 388 Å². The zero-order valence-corrected chi connectivity index (χ0v) is 60.9. The number of anilines is 12. The fourth-order valence-electron chi connectivity index (χ4n) is 16.9. The summed E-state index contributed by atoms with van der Waals surface area (Å²) >= 11 is 1.90. The van der Waals surface area contributed by atoms with E-state index in [4.69, 9.17) is 4.74 Å². The summed E-state index contributed by atoms with van der Waals surface area (Å²) < 4.78 is 7.51. The van der Waals surface area contributed by atoms with E-state index in [1.54, 1.807) is 0 Å². The van der Waals surface area contributed by atoms with Crippen molar-refractivity contribution in [3.8, 4) is 67.1 Å². The summed E-state index contributed by atoms with van der Waals surface area (Å²) in [5.74, 6) is 1.67. The molecule has 8 heteroatoms. The van der Waals surface area contributed by atoms with Gasteiger partial charge in [-0.05, 0) is 191 Å². The van der Waals surface area contributed by atoms with Gasteiger partial charge in [-0.15, -0.1) is 0 Å². The van der Waals surface area contributed by atoms with Gasteiger partial charge in [0.2, 0.25) is 6.71 Å². The smallest absolute Gasteiger partial charge is 0.256 e. The quantitative estimate of drug-likeness (QED) is 0.107. The Kier molecular flexibility index (Phi) is 15.9. The largest absolute Gasteiger partial charge is 0.458 e. The molecule has 0 radical (unpaired) electrons. The maximum atomic E-state index is 7.51. The van der Waals surface area contributed by atoms with Gasteiger partial charge in [-0.3, -0.25) is 0 Å². The van der Waals surface area contributed by atoms with Crippen LogP contribution in [-0.2, 0) is 5.41 Å². The summed E-state index contributed by atoms with van der Waals surface area (Å²) in [6.45, 7) is 6.53. The number of para-hydroxylation sites is 4. The molecule has 16 aromatic carbocycles. The van der Waals surface area contributed by atoms with Crippen molar-refractivity contribution in [2.24, 2.45) is 0 Å². The topological polar surface area (TPSA) is 22.2 Å². The van der Waals surface area contributed by atoms with Gasteiger partial charge in [0.25, 0.3) is 6.71 Å². The molecule has 0 saturated carbocycles. The van der Waals surface area contributed by atoms with E-state index in [2.05, 4.69) is 423 Å². The van der Waals surface area contributed by atoms with E-state index in [1.165, 1.54) is 70.6 Å². The lowest BCUT2D eigenvalue weighted by molar-refractivity contribution is 0.487. The summed E-state index contributed by atoms with van der Waals surface area (Å²) in [6.07, 6.45) is 0. The van der Waals surface area contributed by atoms with Crippen LogP contribution in [0.3, 0.4) is 0 Å². The highest BCUT2D eigenvalue weighted by molar-refractivity contribution is 8.00. The Labute approximate surface area is 637 Å². The van der Waals surface area contributed by atoms with E-state index in [0.29, 0.717) is 0 Å². The van der Waals surface area contributed by atoms with Gasteiger partial charge < -0.3 is 24.3 Å². The van der Waals surface area contributed by atoms with Gasteiger partial charge in [-0.25, -0.2) is 0 Å². The van der Waals surface area contributed by atoms with Gasteiger partial charge in [0.15, 0.2) is 0 Å². The second-order valence-electron chi connectivity index (χ2n) is 29.5. The van der Waals surface area contributed by atoms with Crippen molar-refractivity contribution in [1.29, 1.82) is 0 Å². The van der Waals surface area contributed by atoms with Crippen LogP contribution in [0.15, 0.2) is 392 Å². The Morgan fingerprint density at radius 1 is 0.269 bits per heavy atom. The molecule has 0 N–H and O–H groups in total. The first kappa shape index (κ1) is 64.6. The predicted molar refractivity (Wildman–Crippen MR) is 457 cm³/mol. The minimum atomic E-state index is -0.212. The first-order valence-electron chi connectivity index (χ1n) is 37.3. The molecule has 20 rings (SSSR count). The van der Waals surface area contributed by atoms with Crippen LogP contribution in [0, 0.1) is 0 Å². The van der Waals surface area contributed by atoms with Gasteiger partial charge in [0, 0.05) is 78.3 Å². The Bertz CT molecular complexity index is 5920. The number of nitrogens with zero attached hydrogens (tertiary/aromatic N) is 4.